The SMILES string of the molecule is CC1=C(Br)C=CC2=NC(O)(CC(F)(F)F)CN21. The van der Waals surface area contributed by atoms with Gasteiger partial charge in [-0.3, -0.25) is 0 Å². The summed E-state index contributed by atoms with van der Waals surface area (Å²) >= 11 is 3.28. The average Bonchev–Trinajstić information content (AvgIpc) is 2.46. The fraction of sp³-hybridized carbons (Fsp3) is 0.500. The van der Waals surface area contributed by atoms with Crippen LogP contribution in [0.2, 0.25) is 0 Å². The molecule has 0 radical (unpaired) electrons. The van der Waals surface area contributed by atoms with Crippen LogP contribution in [0.15, 0.2) is 27.3 Å². The lowest BCUT2D eigenvalue weighted by molar-refractivity contribution is -0.173. The van der Waals surface area contributed by atoms with Crippen LogP contribution in [-0.4, -0.2) is 34.3 Å². The van der Waals surface area contributed by atoms with E-state index >= 15 is 0 Å². The molecule has 2 aliphatic heterocycles. The summed E-state index contributed by atoms with van der Waals surface area (Å²) in [5, 5.41) is 9.84. The number of hydrogen-bond donors (Lipinski definition) is 1. The highest BCUT2D eigenvalue weighted by atomic mass is 79.9. The predicted molar refractivity (Wildman–Crippen MR) is 60.5 cm³/mol. The number of aliphatic hydroxyl groups is 1. The fourth-order valence-electron chi connectivity index (χ4n) is 1.87. The highest BCUT2D eigenvalue weighted by Crippen LogP contribution is 2.36. The molecule has 1 N–H and O–H groups in total. The third kappa shape index (κ3) is 2.55. The first-order chi connectivity index (χ1) is 7.70. The normalized spacial score (nSPS) is 28.6. The number of allylic oxidation sites excluding steroid dienone is 3. The lowest BCUT2D eigenvalue weighted by Gasteiger charge is -2.26. The number of halogens is 4. The molecule has 0 aromatic rings. The Morgan fingerprint density at radius 1 is 1.53 bits per heavy atom. The minimum atomic E-state index is -4.44. The van der Waals surface area contributed by atoms with Gasteiger partial charge in [0.25, 0.3) is 0 Å². The van der Waals surface area contributed by atoms with E-state index < -0.39 is 18.3 Å². The lowest BCUT2D eigenvalue weighted by Crippen LogP contribution is -2.39. The van der Waals surface area contributed by atoms with Gasteiger partial charge in [-0.25, -0.2) is 4.99 Å². The van der Waals surface area contributed by atoms with Crippen molar-refractivity contribution in [2.24, 2.45) is 4.99 Å². The van der Waals surface area contributed by atoms with Gasteiger partial charge in [-0.15, -0.1) is 0 Å². The first-order valence-corrected chi connectivity index (χ1v) is 5.70. The molecule has 0 bridgehead atoms. The molecule has 94 valence electrons. The predicted octanol–water partition coefficient (Wildman–Crippen LogP) is 2.54. The summed E-state index contributed by atoms with van der Waals surface area (Å²) in [7, 11) is 0. The second-order valence-corrected chi connectivity index (χ2v) is 4.95. The van der Waals surface area contributed by atoms with Crippen molar-refractivity contribution >= 4 is 21.8 Å². The summed E-state index contributed by atoms with van der Waals surface area (Å²) in [5.74, 6) is 0.359. The summed E-state index contributed by atoms with van der Waals surface area (Å²) in [4.78, 5) is 5.31. The Hall–Kier alpha value is -0.820. The quantitative estimate of drug-likeness (QED) is 0.808. The van der Waals surface area contributed by atoms with Crippen LogP contribution in [0.25, 0.3) is 0 Å². The van der Waals surface area contributed by atoms with Crippen LogP contribution in [0, 0.1) is 0 Å². The first kappa shape index (κ1) is 12.6. The molecule has 0 amide bonds. The summed E-state index contributed by atoms with van der Waals surface area (Å²) in [6.45, 7) is 1.58. The molecule has 0 aromatic heterocycles. The lowest BCUT2D eigenvalue weighted by atomic mass is 10.1. The zero-order valence-electron chi connectivity index (χ0n) is 8.92. The van der Waals surface area contributed by atoms with Gasteiger partial charge >= 0.3 is 6.18 Å². The van der Waals surface area contributed by atoms with Gasteiger partial charge in [0.15, 0.2) is 5.72 Å². The summed E-state index contributed by atoms with van der Waals surface area (Å²) in [6, 6.07) is 0. The zero-order valence-corrected chi connectivity index (χ0v) is 10.5. The molecule has 7 heteroatoms. The van der Waals surface area contributed by atoms with Crippen molar-refractivity contribution in [3.05, 3.63) is 22.3 Å². The zero-order chi connectivity index (χ0) is 12.8. The van der Waals surface area contributed by atoms with Crippen molar-refractivity contribution in [3.63, 3.8) is 0 Å². The summed E-state index contributed by atoms with van der Waals surface area (Å²) in [5.41, 5.74) is -1.35. The maximum absolute atomic E-state index is 12.3. The van der Waals surface area contributed by atoms with E-state index in [1.54, 1.807) is 24.0 Å². The molecule has 0 aliphatic carbocycles. The minimum Gasteiger partial charge on any atom is -0.367 e. The molecule has 17 heavy (non-hydrogen) atoms. The van der Waals surface area contributed by atoms with Gasteiger partial charge in [-0.1, -0.05) is 0 Å². The first-order valence-electron chi connectivity index (χ1n) is 4.91. The molecule has 2 aliphatic rings. The van der Waals surface area contributed by atoms with E-state index in [0.29, 0.717) is 5.84 Å². The maximum Gasteiger partial charge on any atom is 0.393 e. The molecule has 2 rings (SSSR count). The van der Waals surface area contributed by atoms with Crippen LogP contribution in [-0.2, 0) is 0 Å². The van der Waals surface area contributed by atoms with Crippen molar-refractivity contribution in [2.45, 2.75) is 25.2 Å². The Bertz CT molecular complexity index is 441. The molecular formula is C10H10BrF3N2O. The van der Waals surface area contributed by atoms with Crippen LogP contribution in [0.5, 0.6) is 0 Å². The van der Waals surface area contributed by atoms with Crippen LogP contribution in [0.3, 0.4) is 0 Å². The minimum absolute atomic E-state index is 0.173. The van der Waals surface area contributed by atoms with E-state index in [1.165, 1.54) is 0 Å². The molecule has 0 spiro atoms. The number of rotatable bonds is 1. The van der Waals surface area contributed by atoms with Crippen LogP contribution in [0.1, 0.15) is 13.3 Å². The Morgan fingerprint density at radius 2 is 2.18 bits per heavy atom. The van der Waals surface area contributed by atoms with E-state index in [2.05, 4.69) is 20.9 Å². The van der Waals surface area contributed by atoms with E-state index in [1.807, 2.05) is 0 Å². The number of aliphatic imine (C=N–C) groups is 1. The average molecular weight is 311 g/mol. The third-order valence-electron chi connectivity index (χ3n) is 2.62. The third-order valence-corrected chi connectivity index (χ3v) is 3.46. The number of alkyl halides is 3. The second-order valence-electron chi connectivity index (χ2n) is 4.10. The van der Waals surface area contributed by atoms with Gasteiger partial charge in [0.05, 0.1) is 13.0 Å². The van der Waals surface area contributed by atoms with Crippen LogP contribution in [0.4, 0.5) is 13.2 Å². The van der Waals surface area contributed by atoms with E-state index in [-0.39, 0.29) is 6.54 Å². The van der Waals surface area contributed by atoms with Gasteiger partial charge in [0.2, 0.25) is 0 Å². The summed E-state index contributed by atoms with van der Waals surface area (Å²) in [6.07, 6.45) is -2.50. The highest BCUT2D eigenvalue weighted by Gasteiger charge is 2.46. The van der Waals surface area contributed by atoms with E-state index in [9.17, 15) is 18.3 Å². The Morgan fingerprint density at radius 3 is 2.76 bits per heavy atom. The molecule has 3 nitrogen and oxygen atoms in total. The van der Waals surface area contributed by atoms with Crippen molar-refractivity contribution in [2.75, 3.05) is 6.54 Å². The number of fused-ring (bicyclic) bond motifs is 1. The van der Waals surface area contributed by atoms with Crippen LogP contribution >= 0.6 is 15.9 Å². The topological polar surface area (TPSA) is 35.8 Å². The highest BCUT2D eigenvalue weighted by molar-refractivity contribution is 9.11. The molecule has 0 saturated carbocycles. The standard InChI is InChI=1S/C10H10BrF3N2O/c1-6-7(11)2-3-8-15-9(17,5-16(6)8)4-10(12,13)14/h2-3,17H,4-5H2,1H3. The second kappa shape index (κ2) is 3.84. The molecule has 2 heterocycles. The van der Waals surface area contributed by atoms with Crippen molar-refractivity contribution in [1.29, 1.82) is 0 Å². The van der Waals surface area contributed by atoms with Gasteiger partial charge in [-0.2, -0.15) is 13.2 Å². The molecule has 1 unspecified atom stereocenters. The Kier molecular flexibility index (Phi) is 2.86. The van der Waals surface area contributed by atoms with Gasteiger partial charge in [-0.05, 0) is 35.0 Å². The molecular weight excluding hydrogens is 301 g/mol. The van der Waals surface area contributed by atoms with E-state index in [4.69, 9.17) is 0 Å². The van der Waals surface area contributed by atoms with Crippen molar-refractivity contribution in [3.8, 4) is 0 Å². The van der Waals surface area contributed by atoms with Gasteiger partial charge in [0, 0.05) is 10.2 Å². The van der Waals surface area contributed by atoms with Gasteiger partial charge < -0.3 is 10.0 Å². The van der Waals surface area contributed by atoms with Gasteiger partial charge in [0.1, 0.15) is 5.84 Å². The number of amidine groups is 1. The van der Waals surface area contributed by atoms with Crippen molar-refractivity contribution < 1.29 is 18.3 Å². The largest absolute Gasteiger partial charge is 0.393 e. The fourth-order valence-corrected chi connectivity index (χ4v) is 2.22. The Labute approximate surface area is 104 Å². The number of nitrogens with zero attached hydrogens (tertiary/aromatic N) is 2. The molecule has 1 atom stereocenters. The molecule has 0 fully saturated rings. The Balaban J connectivity index is 2.25. The van der Waals surface area contributed by atoms with Crippen LogP contribution < -0.4 is 0 Å². The maximum atomic E-state index is 12.3. The molecule has 0 saturated heterocycles. The van der Waals surface area contributed by atoms with Crippen molar-refractivity contribution in [1.82, 2.24) is 4.90 Å². The smallest absolute Gasteiger partial charge is 0.367 e. The summed E-state index contributed by atoms with van der Waals surface area (Å²) < 4.78 is 37.7. The van der Waals surface area contributed by atoms with E-state index in [0.717, 1.165) is 10.2 Å². The monoisotopic (exact) mass is 310 g/mol. The molecule has 0 aromatic carbocycles. The number of hydrogen-bond acceptors (Lipinski definition) is 3.